The summed E-state index contributed by atoms with van der Waals surface area (Å²) in [6.07, 6.45) is 3.09. The zero-order valence-electron chi connectivity index (χ0n) is 15.0. The van der Waals surface area contributed by atoms with Crippen LogP contribution in [0.1, 0.15) is 34.2 Å². The van der Waals surface area contributed by atoms with E-state index in [-0.39, 0.29) is 17.9 Å². The number of H-pyrrole nitrogens is 1. The third-order valence-corrected chi connectivity index (χ3v) is 3.94. The number of nitriles is 1. The Bertz CT molecular complexity index is 953. The molecule has 0 unspecified atom stereocenters. The van der Waals surface area contributed by atoms with Crippen LogP contribution in [0.25, 0.3) is 5.70 Å². The summed E-state index contributed by atoms with van der Waals surface area (Å²) >= 11 is 5.97. The highest BCUT2D eigenvalue weighted by atomic mass is 35.5. The summed E-state index contributed by atoms with van der Waals surface area (Å²) in [7, 11) is 0. The molecule has 1 aromatic heterocycles. The zero-order chi connectivity index (χ0) is 20.7. The summed E-state index contributed by atoms with van der Waals surface area (Å²) in [5.74, 6) is -2.56. The van der Waals surface area contributed by atoms with E-state index in [1.54, 1.807) is 24.3 Å². The van der Waals surface area contributed by atoms with E-state index in [4.69, 9.17) is 22.6 Å². The lowest BCUT2D eigenvalue weighted by atomic mass is 10.1. The molecule has 0 fully saturated rings. The van der Waals surface area contributed by atoms with Gasteiger partial charge in [-0.05, 0) is 36.8 Å². The first-order valence-electron chi connectivity index (χ1n) is 8.17. The molecular weight excluding hydrogens is 384 g/mol. The third kappa shape index (κ3) is 5.65. The molecule has 28 heavy (non-hydrogen) atoms. The van der Waals surface area contributed by atoms with Crippen molar-refractivity contribution >= 4 is 29.4 Å². The van der Waals surface area contributed by atoms with Gasteiger partial charge in [0.25, 0.3) is 5.91 Å². The van der Waals surface area contributed by atoms with Crippen LogP contribution in [-0.2, 0) is 5.79 Å². The van der Waals surface area contributed by atoms with Gasteiger partial charge in [0.05, 0.1) is 22.8 Å². The molecule has 1 aromatic carbocycles. The topological polar surface area (TPSA) is 160 Å². The fourth-order valence-electron chi connectivity index (χ4n) is 2.09. The van der Waals surface area contributed by atoms with E-state index < -0.39 is 11.7 Å². The number of hydrogen-bond acceptors (Lipinski definition) is 7. The van der Waals surface area contributed by atoms with Crippen molar-refractivity contribution in [3.63, 3.8) is 0 Å². The summed E-state index contributed by atoms with van der Waals surface area (Å²) < 4.78 is 0. The van der Waals surface area contributed by atoms with Gasteiger partial charge in [-0.3, -0.25) is 14.9 Å². The largest absolute Gasteiger partial charge is 0.398 e. The molecule has 0 aliphatic carbocycles. The number of carbonyl (C=O) groups excluding carboxylic acids is 1. The lowest BCUT2D eigenvalue weighted by Gasteiger charge is -2.11. The summed E-state index contributed by atoms with van der Waals surface area (Å²) in [5.41, 5.74) is 7.45. The van der Waals surface area contributed by atoms with E-state index in [2.05, 4.69) is 20.5 Å². The van der Waals surface area contributed by atoms with Gasteiger partial charge in [0.2, 0.25) is 5.79 Å². The van der Waals surface area contributed by atoms with E-state index in [9.17, 15) is 15.0 Å². The van der Waals surface area contributed by atoms with Gasteiger partial charge in [0, 0.05) is 18.5 Å². The number of aromatic amines is 1. The Morgan fingerprint density at radius 2 is 2.25 bits per heavy atom. The fraction of sp³-hybridized carbons (Fsp3) is 0.222. The lowest BCUT2D eigenvalue weighted by molar-refractivity contribution is -0.155. The Kier molecular flexibility index (Phi) is 6.89. The normalized spacial score (nSPS) is 12.2. The predicted molar refractivity (Wildman–Crippen MR) is 104 cm³/mol. The molecule has 2 aromatic rings. The maximum Gasteiger partial charge on any atom is 0.271 e. The molecule has 0 radical (unpaired) electrons. The number of hydrogen-bond donors (Lipinski definition) is 5. The van der Waals surface area contributed by atoms with Gasteiger partial charge in [-0.25, -0.2) is 0 Å². The van der Waals surface area contributed by atoms with Gasteiger partial charge in [0.1, 0.15) is 11.8 Å². The fourth-order valence-corrected chi connectivity index (χ4v) is 2.32. The van der Waals surface area contributed by atoms with Gasteiger partial charge >= 0.3 is 0 Å². The second kappa shape index (κ2) is 9.14. The first kappa shape index (κ1) is 21.1. The number of aliphatic hydroxyl groups is 2. The van der Waals surface area contributed by atoms with Crippen molar-refractivity contribution in [3.8, 4) is 6.07 Å². The minimum atomic E-state index is -2.10. The van der Waals surface area contributed by atoms with E-state index >= 15 is 0 Å². The van der Waals surface area contributed by atoms with Crippen LogP contribution < -0.4 is 11.1 Å². The molecule has 0 saturated carbocycles. The quantitative estimate of drug-likeness (QED) is 0.262. The van der Waals surface area contributed by atoms with E-state index in [1.165, 1.54) is 12.3 Å². The van der Waals surface area contributed by atoms with Gasteiger partial charge in [-0.2, -0.15) is 10.4 Å². The molecule has 0 aliphatic rings. The van der Waals surface area contributed by atoms with Crippen LogP contribution in [0.4, 0.5) is 0 Å². The highest BCUT2D eigenvalue weighted by Crippen LogP contribution is 2.19. The maximum absolute atomic E-state index is 11.9. The van der Waals surface area contributed by atoms with E-state index in [1.807, 2.05) is 6.07 Å². The molecule has 1 amide bonds. The number of nitrogens with one attached hydrogen (secondary N) is 2. The molecular formula is C18H19ClN6O3. The highest BCUT2D eigenvalue weighted by Gasteiger charge is 2.23. The van der Waals surface area contributed by atoms with Crippen LogP contribution in [0.3, 0.4) is 0 Å². The maximum atomic E-state index is 11.9. The van der Waals surface area contributed by atoms with Crippen molar-refractivity contribution in [2.75, 3.05) is 13.1 Å². The third-order valence-electron chi connectivity index (χ3n) is 3.63. The molecule has 0 bridgehead atoms. The molecule has 0 spiro atoms. The number of benzene rings is 1. The van der Waals surface area contributed by atoms with Crippen LogP contribution in [0, 0.1) is 11.3 Å². The highest BCUT2D eigenvalue weighted by molar-refractivity contribution is 6.31. The molecule has 10 heteroatoms. The Balaban J connectivity index is 1.83. The number of nitrogens with zero attached hydrogens (tertiary/aromatic N) is 3. The standard InChI is InChI=1S/C18H19ClN6O3/c1-18(27,28)16-9-15(24-25-16)17(26)23-7-6-22-5-4-14(21)11-2-3-12(10-20)13(19)8-11/h2-5,8-9,27-28H,6-7,21H2,1H3,(H,23,26)(H,24,25)/b14-4-,22-5?. The van der Waals surface area contributed by atoms with Crippen LogP contribution in [0.15, 0.2) is 35.3 Å². The van der Waals surface area contributed by atoms with Crippen molar-refractivity contribution < 1.29 is 15.0 Å². The van der Waals surface area contributed by atoms with Gasteiger partial charge < -0.3 is 21.3 Å². The van der Waals surface area contributed by atoms with E-state index in [0.717, 1.165) is 6.92 Å². The first-order chi connectivity index (χ1) is 13.2. The summed E-state index contributed by atoms with van der Waals surface area (Å²) in [6.45, 7) is 1.71. The summed E-state index contributed by atoms with van der Waals surface area (Å²) in [5, 5.41) is 36.7. The van der Waals surface area contributed by atoms with Gasteiger partial charge in [-0.1, -0.05) is 17.7 Å². The molecule has 1 heterocycles. The molecule has 146 valence electrons. The van der Waals surface area contributed by atoms with Crippen molar-refractivity contribution in [3.05, 3.63) is 57.9 Å². The average molecular weight is 403 g/mol. The number of rotatable bonds is 7. The molecule has 9 nitrogen and oxygen atoms in total. The molecule has 0 atom stereocenters. The summed E-state index contributed by atoms with van der Waals surface area (Å²) in [6, 6.07) is 8.10. The number of aromatic nitrogens is 2. The second-order valence-corrected chi connectivity index (χ2v) is 6.33. The van der Waals surface area contributed by atoms with Crippen LogP contribution in [-0.4, -0.2) is 45.6 Å². The summed E-state index contributed by atoms with van der Waals surface area (Å²) in [4.78, 5) is 16.0. The number of halogens is 1. The molecule has 6 N–H and O–H groups in total. The van der Waals surface area contributed by atoms with Crippen molar-refractivity contribution in [1.29, 1.82) is 5.26 Å². The van der Waals surface area contributed by atoms with Gasteiger partial charge in [-0.15, -0.1) is 0 Å². The van der Waals surface area contributed by atoms with Crippen LogP contribution >= 0.6 is 11.6 Å². The smallest absolute Gasteiger partial charge is 0.271 e. The van der Waals surface area contributed by atoms with Crippen molar-refractivity contribution in [2.45, 2.75) is 12.7 Å². The Labute approximate surface area is 166 Å². The Morgan fingerprint density at radius 1 is 1.50 bits per heavy atom. The molecule has 2 rings (SSSR count). The monoisotopic (exact) mass is 402 g/mol. The number of allylic oxidation sites excluding steroid dienone is 1. The minimum absolute atomic E-state index is 0.0131. The number of amides is 1. The number of nitrogens with two attached hydrogens (primary N) is 1. The van der Waals surface area contributed by atoms with Crippen molar-refractivity contribution in [1.82, 2.24) is 15.5 Å². The molecule has 0 aliphatic heterocycles. The number of carbonyl (C=O) groups is 1. The van der Waals surface area contributed by atoms with Crippen molar-refractivity contribution in [2.24, 2.45) is 10.7 Å². The Morgan fingerprint density at radius 3 is 2.86 bits per heavy atom. The average Bonchev–Trinajstić information content (AvgIpc) is 3.14. The van der Waals surface area contributed by atoms with Gasteiger partial charge in [0.15, 0.2) is 0 Å². The van der Waals surface area contributed by atoms with Crippen LogP contribution in [0.2, 0.25) is 5.02 Å². The predicted octanol–water partition coefficient (Wildman–Crippen LogP) is 0.892. The lowest BCUT2D eigenvalue weighted by Crippen LogP contribution is -2.26. The molecule has 0 saturated heterocycles. The zero-order valence-corrected chi connectivity index (χ0v) is 15.7. The van der Waals surface area contributed by atoms with Crippen LogP contribution in [0.5, 0.6) is 0 Å². The minimum Gasteiger partial charge on any atom is -0.398 e. The SMILES string of the molecule is CC(O)(O)c1cc(C(=O)NCCN=C/C=C(\N)c2ccc(C#N)c(Cl)c2)n[nH]1. The Hall–Kier alpha value is -3.19. The first-order valence-corrected chi connectivity index (χ1v) is 8.54. The number of aliphatic imine (C=N–C) groups is 1. The van der Waals surface area contributed by atoms with E-state index in [0.29, 0.717) is 28.4 Å². The second-order valence-electron chi connectivity index (χ2n) is 5.93.